The van der Waals surface area contributed by atoms with Crippen LogP contribution in [0.15, 0.2) is 127 Å². The second-order valence-electron chi connectivity index (χ2n) is 10.4. The number of nitriles is 1. The molecule has 0 spiro atoms. The molecule has 0 aliphatic carbocycles. The van der Waals surface area contributed by atoms with E-state index < -0.39 is 0 Å². The number of nitrogens with zero attached hydrogens (tertiary/aromatic N) is 3. The Morgan fingerprint density at radius 1 is 0.463 bits per heavy atom. The summed E-state index contributed by atoms with van der Waals surface area (Å²) in [4.78, 5) is 0. The lowest BCUT2D eigenvalue weighted by Crippen LogP contribution is -2.06. The Morgan fingerprint density at radius 2 is 0.878 bits per heavy atom. The average Bonchev–Trinajstić information content (AvgIpc) is 3.68. The summed E-state index contributed by atoms with van der Waals surface area (Å²) in [5, 5.41) is 17.9. The van der Waals surface area contributed by atoms with E-state index in [0.717, 1.165) is 38.8 Å². The molecular weight excluding hydrogens is 518 g/mol. The highest BCUT2D eigenvalue weighted by Gasteiger charge is 2.25. The van der Waals surface area contributed by atoms with Crippen LogP contribution in [0.3, 0.4) is 0 Å². The van der Waals surface area contributed by atoms with E-state index in [4.69, 9.17) is 0 Å². The highest BCUT2D eigenvalue weighted by Crippen LogP contribution is 2.46. The van der Waals surface area contributed by atoms with Crippen molar-refractivity contribution in [3.8, 4) is 17.4 Å². The monoisotopic (exact) mass is 539 g/mol. The number of aromatic nitrogens is 2. The molecule has 3 heterocycles. The van der Waals surface area contributed by atoms with Gasteiger partial charge in [0, 0.05) is 37.0 Å². The summed E-state index contributed by atoms with van der Waals surface area (Å²) < 4.78 is 7.09. The first-order valence-corrected chi connectivity index (χ1v) is 14.5. The molecule has 190 valence electrons. The van der Waals surface area contributed by atoms with E-state index in [9.17, 15) is 5.26 Å². The van der Waals surface area contributed by atoms with E-state index >= 15 is 0 Å². The summed E-state index contributed by atoms with van der Waals surface area (Å²) in [5.41, 5.74) is 7.05. The molecule has 0 saturated carbocycles. The minimum atomic E-state index is 0.657. The third-order valence-electron chi connectivity index (χ3n) is 8.34. The fourth-order valence-electron chi connectivity index (χ4n) is 6.68. The predicted molar refractivity (Wildman–Crippen MR) is 173 cm³/mol. The van der Waals surface area contributed by atoms with Gasteiger partial charge < -0.3 is 9.13 Å². The van der Waals surface area contributed by atoms with Gasteiger partial charge in [-0.15, -0.1) is 11.3 Å². The molecule has 0 N–H and O–H groups in total. The van der Waals surface area contributed by atoms with Crippen molar-refractivity contribution >= 4 is 75.1 Å². The molecular formula is C37H21N3S. The minimum absolute atomic E-state index is 0.657. The van der Waals surface area contributed by atoms with Gasteiger partial charge in [0.25, 0.3) is 0 Å². The Morgan fingerprint density at radius 3 is 1.37 bits per heavy atom. The van der Waals surface area contributed by atoms with Crippen LogP contribution >= 0.6 is 11.3 Å². The van der Waals surface area contributed by atoms with Gasteiger partial charge in [0.2, 0.25) is 0 Å². The number of thiophene rings is 1. The zero-order valence-corrected chi connectivity index (χ0v) is 22.7. The molecule has 41 heavy (non-hydrogen) atoms. The van der Waals surface area contributed by atoms with Gasteiger partial charge in [0.15, 0.2) is 0 Å². The Balaban J connectivity index is 1.60. The summed E-state index contributed by atoms with van der Waals surface area (Å²) in [6.07, 6.45) is 0. The van der Waals surface area contributed by atoms with Gasteiger partial charge in [-0.3, -0.25) is 0 Å². The summed E-state index contributed by atoms with van der Waals surface area (Å²) in [6.45, 7) is 0. The zero-order valence-electron chi connectivity index (χ0n) is 21.9. The first-order chi connectivity index (χ1) is 20.3. The molecule has 0 saturated heterocycles. The van der Waals surface area contributed by atoms with Gasteiger partial charge >= 0.3 is 0 Å². The first kappa shape index (κ1) is 22.4. The van der Waals surface area contributed by atoms with E-state index in [1.165, 1.54) is 36.3 Å². The molecule has 3 nitrogen and oxygen atoms in total. The molecule has 0 radical (unpaired) electrons. The van der Waals surface area contributed by atoms with Crippen LogP contribution in [0.4, 0.5) is 0 Å². The molecule has 6 aromatic carbocycles. The maximum Gasteiger partial charge on any atom is 0.101 e. The lowest BCUT2D eigenvalue weighted by molar-refractivity contribution is 1.10. The van der Waals surface area contributed by atoms with Gasteiger partial charge in [-0.2, -0.15) is 5.26 Å². The summed E-state index contributed by atoms with van der Waals surface area (Å²) in [7, 11) is 0. The Bertz CT molecular complexity index is 2450. The van der Waals surface area contributed by atoms with Crippen LogP contribution in [0.1, 0.15) is 5.56 Å². The maximum absolute atomic E-state index is 10.8. The Kier molecular flexibility index (Phi) is 4.55. The smallest absolute Gasteiger partial charge is 0.101 e. The number of para-hydroxylation sites is 4. The zero-order chi connectivity index (χ0) is 27.1. The fourth-order valence-corrected chi connectivity index (χ4v) is 7.90. The second-order valence-corrected chi connectivity index (χ2v) is 11.5. The molecule has 3 aromatic heterocycles. The molecule has 0 amide bonds. The van der Waals surface area contributed by atoms with Crippen LogP contribution in [0.2, 0.25) is 0 Å². The predicted octanol–water partition coefficient (Wildman–Crippen LogP) is 10.1. The number of rotatable bonds is 2. The summed E-state index contributed by atoms with van der Waals surface area (Å²) in [6, 6.07) is 47.5. The molecule has 0 aliphatic heterocycles. The van der Waals surface area contributed by atoms with Crippen molar-refractivity contribution in [2.24, 2.45) is 0 Å². The molecule has 4 heteroatoms. The normalized spacial score (nSPS) is 11.9. The molecule has 9 aromatic rings. The topological polar surface area (TPSA) is 33.6 Å². The molecule has 0 unspecified atom stereocenters. The number of hydrogen-bond acceptors (Lipinski definition) is 2. The third kappa shape index (κ3) is 2.96. The first-order valence-electron chi connectivity index (χ1n) is 13.7. The van der Waals surface area contributed by atoms with Crippen molar-refractivity contribution in [2.45, 2.75) is 0 Å². The number of benzene rings is 6. The van der Waals surface area contributed by atoms with Gasteiger partial charge in [-0.1, -0.05) is 91.0 Å². The Hall–Kier alpha value is -5.37. The summed E-state index contributed by atoms with van der Waals surface area (Å²) >= 11 is 1.80. The second kappa shape index (κ2) is 8.32. The van der Waals surface area contributed by atoms with Crippen LogP contribution in [0.25, 0.3) is 75.2 Å². The van der Waals surface area contributed by atoms with E-state index in [0.29, 0.717) is 5.56 Å². The summed E-state index contributed by atoms with van der Waals surface area (Å²) in [5.74, 6) is 0. The SMILES string of the molecule is N#Cc1cc2c(sc3ccccc32)c(-n2c3ccccc3c3ccccc32)c1-n1c2ccccc2c2ccccc21. The third-order valence-corrected chi connectivity index (χ3v) is 9.54. The van der Waals surface area contributed by atoms with E-state index in [1.807, 2.05) is 0 Å². The van der Waals surface area contributed by atoms with E-state index in [1.54, 1.807) is 11.3 Å². The van der Waals surface area contributed by atoms with Gasteiger partial charge in [-0.05, 0) is 36.4 Å². The standard InChI is InChI=1S/C37H21N3S/c38-22-23-21-29-28-15-5-10-20-34(28)41-37(29)36(40-32-18-8-3-13-26(32)27-14-4-9-19-33(27)40)35(23)39-30-16-6-1-11-24(30)25-12-2-7-17-31(25)39/h1-21H. The van der Waals surface area contributed by atoms with Gasteiger partial charge in [-0.25, -0.2) is 0 Å². The van der Waals surface area contributed by atoms with Crippen LogP contribution in [0.5, 0.6) is 0 Å². The van der Waals surface area contributed by atoms with Gasteiger partial charge in [0.05, 0.1) is 43.7 Å². The van der Waals surface area contributed by atoms with Crippen molar-refractivity contribution in [2.75, 3.05) is 0 Å². The molecule has 9 rings (SSSR count). The highest BCUT2D eigenvalue weighted by molar-refractivity contribution is 7.26. The van der Waals surface area contributed by atoms with Crippen LogP contribution in [0, 0.1) is 11.3 Å². The van der Waals surface area contributed by atoms with Crippen molar-refractivity contribution in [1.29, 1.82) is 5.26 Å². The van der Waals surface area contributed by atoms with Gasteiger partial charge in [0.1, 0.15) is 6.07 Å². The van der Waals surface area contributed by atoms with Crippen LogP contribution in [-0.2, 0) is 0 Å². The number of fused-ring (bicyclic) bond motifs is 9. The largest absolute Gasteiger partial charge is 0.306 e. The quantitative estimate of drug-likeness (QED) is 0.215. The molecule has 0 bridgehead atoms. The average molecular weight is 540 g/mol. The lowest BCUT2D eigenvalue weighted by atomic mass is 10.0. The Labute approximate surface area is 239 Å². The highest BCUT2D eigenvalue weighted by atomic mass is 32.1. The van der Waals surface area contributed by atoms with Crippen molar-refractivity contribution in [1.82, 2.24) is 9.13 Å². The lowest BCUT2D eigenvalue weighted by Gasteiger charge is -2.19. The van der Waals surface area contributed by atoms with E-state index in [2.05, 4.69) is 143 Å². The van der Waals surface area contributed by atoms with Crippen molar-refractivity contribution < 1.29 is 0 Å². The number of hydrogen-bond donors (Lipinski definition) is 0. The van der Waals surface area contributed by atoms with E-state index in [-0.39, 0.29) is 0 Å². The molecule has 0 aliphatic rings. The molecule has 0 atom stereocenters. The van der Waals surface area contributed by atoms with Crippen LogP contribution < -0.4 is 0 Å². The van der Waals surface area contributed by atoms with Crippen molar-refractivity contribution in [3.05, 3.63) is 133 Å². The van der Waals surface area contributed by atoms with Crippen molar-refractivity contribution in [3.63, 3.8) is 0 Å². The van der Waals surface area contributed by atoms with Crippen LogP contribution in [-0.4, -0.2) is 9.13 Å². The fraction of sp³-hybridized carbons (Fsp3) is 0. The molecule has 0 fully saturated rings. The minimum Gasteiger partial charge on any atom is -0.306 e. The maximum atomic E-state index is 10.8.